The van der Waals surface area contributed by atoms with Gasteiger partial charge in [0, 0.05) is 17.6 Å². The van der Waals surface area contributed by atoms with E-state index in [1.54, 1.807) is 12.1 Å². The largest absolute Gasteiger partial charge is 0.435 e. The van der Waals surface area contributed by atoms with Crippen molar-refractivity contribution in [3.8, 4) is 5.75 Å². The number of benzene rings is 2. The number of nitrogens with one attached hydrogen (secondary N) is 1. The van der Waals surface area contributed by atoms with Gasteiger partial charge in [0.05, 0.1) is 0 Å². The molecule has 0 unspecified atom stereocenters. The number of alkyl halides is 2. The second-order valence-corrected chi connectivity index (χ2v) is 5.12. The molecule has 2 aromatic carbocycles. The molecule has 2 nitrogen and oxygen atoms in total. The van der Waals surface area contributed by atoms with Gasteiger partial charge in [-0.15, -0.1) is 0 Å². The van der Waals surface area contributed by atoms with Crippen LogP contribution in [0.3, 0.4) is 0 Å². The first-order valence-electron chi connectivity index (χ1n) is 6.57. The molecule has 0 aliphatic heterocycles. The van der Waals surface area contributed by atoms with Gasteiger partial charge in [0.2, 0.25) is 0 Å². The summed E-state index contributed by atoms with van der Waals surface area (Å²) in [6.45, 7) is -0.125. The monoisotopic (exact) mass is 311 g/mol. The number of halogens is 3. The zero-order valence-corrected chi connectivity index (χ0v) is 12.3. The zero-order valence-electron chi connectivity index (χ0n) is 11.5. The van der Waals surface area contributed by atoms with Crippen LogP contribution in [0.4, 0.5) is 8.78 Å². The number of rotatable bonds is 6. The van der Waals surface area contributed by atoms with Gasteiger partial charge in [-0.2, -0.15) is 8.78 Å². The molecule has 1 N–H and O–H groups in total. The van der Waals surface area contributed by atoms with Gasteiger partial charge in [0.15, 0.2) is 0 Å². The first kappa shape index (κ1) is 15.7. The van der Waals surface area contributed by atoms with Gasteiger partial charge in [-0.25, -0.2) is 0 Å². The molecule has 0 spiro atoms. The van der Waals surface area contributed by atoms with Crippen molar-refractivity contribution in [1.29, 1.82) is 0 Å². The highest BCUT2D eigenvalue weighted by Crippen LogP contribution is 2.19. The highest BCUT2D eigenvalue weighted by molar-refractivity contribution is 6.30. The van der Waals surface area contributed by atoms with Crippen LogP contribution in [0.2, 0.25) is 5.02 Å². The first-order valence-corrected chi connectivity index (χ1v) is 6.95. The molecule has 0 saturated heterocycles. The average Bonchev–Trinajstić information content (AvgIpc) is 2.45. The van der Waals surface area contributed by atoms with Crippen LogP contribution in [0.1, 0.15) is 24.1 Å². The molecule has 0 aliphatic carbocycles. The lowest BCUT2D eigenvalue weighted by molar-refractivity contribution is -0.0498. The van der Waals surface area contributed by atoms with E-state index in [1.165, 1.54) is 12.1 Å². The van der Waals surface area contributed by atoms with E-state index in [9.17, 15) is 8.78 Å². The summed E-state index contributed by atoms with van der Waals surface area (Å²) in [5, 5.41) is 4.06. The van der Waals surface area contributed by atoms with Crippen LogP contribution in [0.5, 0.6) is 5.75 Å². The molecule has 0 aliphatic rings. The van der Waals surface area contributed by atoms with Gasteiger partial charge in [-0.3, -0.25) is 0 Å². The molecule has 5 heteroatoms. The molecule has 0 aromatic heterocycles. The maximum absolute atomic E-state index is 12.0. The lowest BCUT2D eigenvalue weighted by atomic mass is 10.1. The van der Waals surface area contributed by atoms with Crippen molar-refractivity contribution in [2.45, 2.75) is 26.1 Å². The maximum Gasteiger partial charge on any atom is 0.387 e. The predicted octanol–water partition coefficient (Wildman–Crippen LogP) is 4.79. The molecular formula is C16H16ClF2NO. The van der Waals surface area contributed by atoms with Crippen LogP contribution in [0.15, 0.2) is 48.5 Å². The van der Waals surface area contributed by atoms with E-state index in [-0.39, 0.29) is 11.8 Å². The third-order valence-electron chi connectivity index (χ3n) is 3.11. The Labute approximate surface area is 127 Å². The number of hydrogen-bond acceptors (Lipinski definition) is 2. The van der Waals surface area contributed by atoms with Crippen molar-refractivity contribution in [2.75, 3.05) is 0 Å². The smallest absolute Gasteiger partial charge is 0.387 e. The van der Waals surface area contributed by atoms with Crippen LogP contribution in [-0.4, -0.2) is 6.61 Å². The van der Waals surface area contributed by atoms with Crippen molar-refractivity contribution in [1.82, 2.24) is 5.32 Å². The van der Waals surface area contributed by atoms with E-state index >= 15 is 0 Å². The minimum absolute atomic E-state index is 0.140. The summed E-state index contributed by atoms with van der Waals surface area (Å²) in [5.41, 5.74) is 2.09. The summed E-state index contributed by atoms with van der Waals surface area (Å²) in [7, 11) is 0. The van der Waals surface area contributed by atoms with E-state index in [0.29, 0.717) is 11.6 Å². The van der Waals surface area contributed by atoms with Crippen molar-refractivity contribution < 1.29 is 13.5 Å². The Kier molecular flexibility index (Phi) is 5.53. The minimum atomic E-state index is -2.79. The first-order chi connectivity index (χ1) is 10.0. The standard InChI is InChI=1S/C16H16ClF2NO/c1-11(13-3-2-4-14(17)9-13)20-10-12-5-7-15(8-6-12)21-16(18)19/h2-9,11,16,20H,10H2,1H3/t11-/m1/s1. The molecule has 0 saturated carbocycles. The molecule has 2 aromatic rings. The van der Waals surface area contributed by atoms with Gasteiger partial charge in [0.25, 0.3) is 0 Å². The van der Waals surface area contributed by atoms with E-state index in [4.69, 9.17) is 11.6 Å². The van der Waals surface area contributed by atoms with Crippen LogP contribution < -0.4 is 10.1 Å². The SMILES string of the molecule is C[C@@H](NCc1ccc(OC(F)F)cc1)c1cccc(Cl)c1. The Balaban J connectivity index is 1.90. The van der Waals surface area contributed by atoms with E-state index in [0.717, 1.165) is 11.1 Å². The Morgan fingerprint density at radius 1 is 1.14 bits per heavy atom. The topological polar surface area (TPSA) is 21.3 Å². The molecule has 0 fully saturated rings. The van der Waals surface area contributed by atoms with Crippen molar-refractivity contribution >= 4 is 11.6 Å². The van der Waals surface area contributed by atoms with Gasteiger partial charge >= 0.3 is 6.61 Å². The highest BCUT2D eigenvalue weighted by Gasteiger charge is 2.06. The van der Waals surface area contributed by atoms with Gasteiger partial charge in [-0.1, -0.05) is 35.9 Å². The fraction of sp³-hybridized carbons (Fsp3) is 0.250. The summed E-state index contributed by atoms with van der Waals surface area (Å²) in [4.78, 5) is 0. The summed E-state index contributed by atoms with van der Waals surface area (Å²) in [6, 6.07) is 14.4. The molecule has 0 bridgehead atoms. The van der Waals surface area contributed by atoms with Crippen LogP contribution in [-0.2, 0) is 6.54 Å². The quantitative estimate of drug-likeness (QED) is 0.828. The zero-order chi connectivity index (χ0) is 15.2. The van der Waals surface area contributed by atoms with Gasteiger partial charge < -0.3 is 10.1 Å². The second-order valence-electron chi connectivity index (χ2n) is 4.68. The fourth-order valence-corrected chi connectivity index (χ4v) is 2.15. The lowest BCUT2D eigenvalue weighted by Crippen LogP contribution is -2.18. The Morgan fingerprint density at radius 2 is 1.86 bits per heavy atom. The normalized spacial score (nSPS) is 12.4. The number of ether oxygens (including phenoxy) is 1. The third kappa shape index (κ3) is 4.99. The third-order valence-corrected chi connectivity index (χ3v) is 3.34. The van der Waals surface area contributed by atoms with Crippen LogP contribution >= 0.6 is 11.6 Å². The molecule has 112 valence electrons. The Bertz CT molecular complexity index is 575. The fourth-order valence-electron chi connectivity index (χ4n) is 1.95. The molecule has 1 atom stereocenters. The van der Waals surface area contributed by atoms with E-state index in [1.807, 2.05) is 31.2 Å². The molecule has 21 heavy (non-hydrogen) atoms. The highest BCUT2D eigenvalue weighted by atomic mass is 35.5. The van der Waals surface area contributed by atoms with Crippen LogP contribution in [0.25, 0.3) is 0 Å². The van der Waals surface area contributed by atoms with E-state index < -0.39 is 6.61 Å². The van der Waals surface area contributed by atoms with Crippen molar-refractivity contribution in [3.63, 3.8) is 0 Å². The summed E-state index contributed by atoms with van der Waals surface area (Å²) in [6.07, 6.45) is 0. The van der Waals surface area contributed by atoms with Gasteiger partial charge in [0.1, 0.15) is 5.75 Å². The van der Waals surface area contributed by atoms with Crippen molar-refractivity contribution in [2.24, 2.45) is 0 Å². The molecular weight excluding hydrogens is 296 g/mol. The average molecular weight is 312 g/mol. The summed E-state index contributed by atoms with van der Waals surface area (Å²) in [5.74, 6) is 0.164. The maximum atomic E-state index is 12.0. The second kappa shape index (κ2) is 7.38. The summed E-state index contributed by atoms with van der Waals surface area (Å²) >= 11 is 5.96. The number of hydrogen-bond donors (Lipinski definition) is 1. The Hall–Kier alpha value is -1.65. The summed E-state index contributed by atoms with van der Waals surface area (Å²) < 4.78 is 28.4. The van der Waals surface area contributed by atoms with Crippen LogP contribution in [0, 0.1) is 0 Å². The van der Waals surface area contributed by atoms with Crippen molar-refractivity contribution in [3.05, 3.63) is 64.7 Å². The van der Waals surface area contributed by atoms with E-state index in [2.05, 4.69) is 10.1 Å². The minimum Gasteiger partial charge on any atom is -0.435 e. The molecule has 0 radical (unpaired) electrons. The molecule has 0 amide bonds. The molecule has 2 rings (SSSR count). The Morgan fingerprint density at radius 3 is 2.48 bits per heavy atom. The lowest BCUT2D eigenvalue weighted by Gasteiger charge is -2.15. The molecule has 0 heterocycles. The van der Waals surface area contributed by atoms with Gasteiger partial charge in [-0.05, 0) is 42.3 Å². The predicted molar refractivity (Wildman–Crippen MR) is 79.8 cm³/mol.